The molecule has 0 aliphatic rings. The number of anilines is 1. The van der Waals surface area contributed by atoms with Gasteiger partial charge >= 0.3 is 0 Å². The molecule has 1 aromatic rings. The maximum Gasteiger partial charge on any atom is 0.248 e. The van der Waals surface area contributed by atoms with Crippen LogP contribution in [0.25, 0.3) is 0 Å². The molecular formula is C16H21NO. The van der Waals surface area contributed by atoms with Gasteiger partial charge in [0, 0.05) is 11.8 Å². The van der Waals surface area contributed by atoms with E-state index in [1.807, 2.05) is 43.3 Å². The Balaban J connectivity index is 2.67. The van der Waals surface area contributed by atoms with Gasteiger partial charge in [-0.25, -0.2) is 0 Å². The number of rotatable bonds is 3. The average molecular weight is 243 g/mol. The first-order valence-corrected chi connectivity index (χ1v) is 6.14. The Labute approximate surface area is 109 Å². The summed E-state index contributed by atoms with van der Waals surface area (Å²) in [5, 5.41) is 2.82. The van der Waals surface area contributed by atoms with Crippen LogP contribution in [0, 0.1) is 0 Å². The molecule has 0 bridgehead atoms. The van der Waals surface area contributed by atoms with E-state index in [1.54, 1.807) is 6.08 Å². The molecule has 18 heavy (non-hydrogen) atoms. The molecule has 0 aliphatic carbocycles. The Hall–Kier alpha value is -1.83. The largest absolute Gasteiger partial charge is 0.323 e. The van der Waals surface area contributed by atoms with E-state index in [0.29, 0.717) is 0 Å². The first kappa shape index (κ1) is 14.2. The van der Waals surface area contributed by atoms with Gasteiger partial charge in [0.15, 0.2) is 0 Å². The SMILES string of the molecule is C/C=C/C=C\C(=O)Nc1ccc(C(C)(C)C)cc1. The molecule has 1 rings (SSSR count). The lowest BCUT2D eigenvalue weighted by atomic mass is 9.87. The second-order valence-corrected chi connectivity index (χ2v) is 5.20. The average Bonchev–Trinajstić information content (AvgIpc) is 2.29. The Kier molecular flexibility index (Phi) is 4.90. The summed E-state index contributed by atoms with van der Waals surface area (Å²) in [6, 6.07) is 7.96. The molecule has 96 valence electrons. The van der Waals surface area contributed by atoms with Crippen LogP contribution in [0.3, 0.4) is 0 Å². The number of benzene rings is 1. The predicted octanol–water partition coefficient (Wildman–Crippen LogP) is 4.05. The lowest BCUT2D eigenvalue weighted by Gasteiger charge is -2.19. The van der Waals surface area contributed by atoms with Gasteiger partial charge in [-0.05, 0) is 30.0 Å². The van der Waals surface area contributed by atoms with E-state index in [-0.39, 0.29) is 11.3 Å². The van der Waals surface area contributed by atoms with Crippen LogP contribution in [0.1, 0.15) is 33.3 Å². The third-order valence-electron chi connectivity index (χ3n) is 2.57. The van der Waals surface area contributed by atoms with Gasteiger partial charge in [0.05, 0.1) is 0 Å². The van der Waals surface area contributed by atoms with Crippen molar-refractivity contribution in [2.24, 2.45) is 0 Å². The number of carbonyl (C=O) groups excluding carboxylic acids is 1. The Bertz CT molecular complexity index is 447. The van der Waals surface area contributed by atoms with E-state index in [9.17, 15) is 4.79 Å². The van der Waals surface area contributed by atoms with Crippen LogP contribution in [-0.2, 0) is 10.2 Å². The molecule has 0 spiro atoms. The van der Waals surface area contributed by atoms with E-state index in [0.717, 1.165) is 5.69 Å². The second-order valence-electron chi connectivity index (χ2n) is 5.20. The van der Waals surface area contributed by atoms with Crippen LogP contribution in [-0.4, -0.2) is 5.91 Å². The molecule has 1 N–H and O–H groups in total. The summed E-state index contributed by atoms with van der Waals surface area (Å²) in [7, 11) is 0. The van der Waals surface area contributed by atoms with E-state index in [1.165, 1.54) is 11.6 Å². The van der Waals surface area contributed by atoms with Gasteiger partial charge in [0.1, 0.15) is 0 Å². The van der Waals surface area contributed by atoms with Crippen molar-refractivity contribution in [3.05, 3.63) is 54.1 Å². The predicted molar refractivity (Wildman–Crippen MR) is 77.7 cm³/mol. The minimum atomic E-state index is -0.114. The first-order chi connectivity index (χ1) is 8.43. The quantitative estimate of drug-likeness (QED) is 0.629. The van der Waals surface area contributed by atoms with Crippen molar-refractivity contribution in [2.75, 3.05) is 5.32 Å². The fourth-order valence-electron chi connectivity index (χ4n) is 1.49. The zero-order valence-electron chi connectivity index (χ0n) is 11.5. The van der Waals surface area contributed by atoms with Crippen LogP contribution in [0.15, 0.2) is 48.6 Å². The first-order valence-electron chi connectivity index (χ1n) is 6.14. The molecule has 0 saturated heterocycles. The topological polar surface area (TPSA) is 29.1 Å². The summed E-state index contributed by atoms with van der Waals surface area (Å²) < 4.78 is 0. The zero-order valence-corrected chi connectivity index (χ0v) is 11.5. The third kappa shape index (κ3) is 4.58. The van der Waals surface area contributed by atoms with E-state index in [4.69, 9.17) is 0 Å². The van der Waals surface area contributed by atoms with Crippen molar-refractivity contribution in [3.8, 4) is 0 Å². The van der Waals surface area contributed by atoms with Crippen LogP contribution in [0.2, 0.25) is 0 Å². The lowest BCUT2D eigenvalue weighted by Crippen LogP contribution is -2.12. The molecular weight excluding hydrogens is 222 g/mol. The van der Waals surface area contributed by atoms with Crippen LogP contribution in [0.5, 0.6) is 0 Å². The summed E-state index contributed by atoms with van der Waals surface area (Å²) in [5.74, 6) is -0.114. The summed E-state index contributed by atoms with van der Waals surface area (Å²) in [6.45, 7) is 8.41. The molecule has 2 heteroatoms. The summed E-state index contributed by atoms with van der Waals surface area (Å²) in [4.78, 5) is 11.5. The number of amides is 1. The third-order valence-corrected chi connectivity index (χ3v) is 2.57. The molecule has 0 saturated carbocycles. The fourth-order valence-corrected chi connectivity index (χ4v) is 1.49. The van der Waals surface area contributed by atoms with Crippen LogP contribution < -0.4 is 5.32 Å². The highest BCUT2D eigenvalue weighted by atomic mass is 16.1. The molecule has 1 amide bonds. The van der Waals surface area contributed by atoms with Crippen molar-refractivity contribution in [2.45, 2.75) is 33.1 Å². The number of allylic oxidation sites excluding steroid dienone is 3. The minimum Gasteiger partial charge on any atom is -0.323 e. The molecule has 0 aromatic heterocycles. The normalized spacial score (nSPS) is 12.2. The Morgan fingerprint density at radius 2 is 1.72 bits per heavy atom. The highest BCUT2D eigenvalue weighted by Gasteiger charge is 2.12. The second kappa shape index (κ2) is 6.20. The molecule has 1 aromatic carbocycles. The standard InChI is InChI=1S/C16H21NO/c1-5-6-7-8-15(18)17-14-11-9-13(10-12-14)16(2,3)4/h5-12H,1-4H3,(H,17,18)/b6-5+,8-7-. The van der Waals surface area contributed by atoms with Gasteiger partial charge in [0.25, 0.3) is 0 Å². The van der Waals surface area contributed by atoms with Crippen molar-refractivity contribution >= 4 is 11.6 Å². The van der Waals surface area contributed by atoms with Crippen molar-refractivity contribution in [1.82, 2.24) is 0 Å². The maximum atomic E-state index is 11.5. The number of hydrogen-bond acceptors (Lipinski definition) is 1. The van der Waals surface area contributed by atoms with Gasteiger partial charge in [-0.1, -0.05) is 51.1 Å². The lowest BCUT2D eigenvalue weighted by molar-refractivity contribution is -0.111. The number of nitrogens with one attached hydrogen (secondary N) is 1. The highest BCUT2D eigenvalue weighted by molar-refractivity contribution is 5.99. The molecule has 0 heterocycles. The van der Waals surface area contributed by atoms with E-state index >= 15 is 0 Å². The Morgan fingerprint density at radius 3 is 2.22 bits per heavy atom. The van der Waals surface area contributed by atoms with Gasteiger partial charge in [-0.15, -0.1) is 0 Å². The van der Waals surface area contributed by atoms with Gasteiger partial charge < -0.3 is 5.32 Å². The number of carbonyl (C=O) groups is 1. The highest BCUT2D eigenvalue weighted by Crippen LogP contribution is 2.23. The maximum absolute atomic E-state index is 11.5. The summed E-state index contributed by atoms with van der Waals surface area (Å²) in [6.07, 6.45) is 6.93. The number of hydrogen-bond donors (Lipinski definition) is 1. The van der Waals surface area contributed by atoms with Crippen molar-refractivity contribution in [1.29, 1.82) is 0 Å². The summed E-state index contributed by atoms with van der Waals surface area (Å²) in [5.41, 5.74) is 2.21. The smallest absolute Gasteiger partial charge is 0.248 e. The van der Waals surface area contributed by atoms with Crippen molar-refractivity contribution in [3.63, 3.8) is 0 Å². The van der Waals surface area contributed by atoms with E-state index < -0.39 is 0 Å². The molecule has 2 nitrogen and oxygen atoms in total. The van der Waals surface area contributed by atoms with Gasteiger partial charge in [-0.3, -0.25) is 4.79 Å². The van der Waals surface area contributed by atoms with E-state index in [2.05, 4.69) is 26.1 Å². The fraction of sp³-hybridized carbons (Fsp3) is 0.312. The Morgan fingerprint density at radius 1 is 1.11 bits per heavy atom. The molecule has 0 radical (unpaired) electrons. The zero-order chi connectivity index (χ0) is 13.6. The molecule has 0 atom stereocenters. The molecule has 0 aliphatic heterocycles. The van der Waals surface area contributed by atoms with Gasteiger partial charge in [-0.2, -0.15) is 0 Å². The van der Waals surface area contributed by atoms with Crippen LogP contribution in [0.4, 0.5) is 5.69 Å². The molecule has 0 unspecified atom stereocenters. The van der Waals surface area contributed by atoms with Crippen LogP contribution >= 0.6 is 0 Å². The molecule has 0 fully saturated rings. The van der Waals surface area contributed by atoms with Gasteiger partial charge in [0.2, 0.25) is 5.91 Å². The monoisotopic (exact) mass is 243 g/mol. The summed E-state index contributed by atoms with van der Waals surface area (Å²) >= 11 is 0. The van der Waals surface area contributed by atoms with Crippen molar-refractivity contribution < 1.29 is 4.79 Å². The minimum absolute atomic E-state index is 0.114.